The number of nitrogens with one attached hydrogen (secondary N) is 1. The summed E-state index contributed by atoms with van der Waals surface area (Å²) in [5, 5.41) is 3.73. The Hall–Kier alpha value is -0.860. The van der Waals surface area contributed by atoms with E-state index in [1.807, 2.05) is 0 Å². The topological polar surface area (TPSA) is 15.3 Å². The Bertz CT molecular complexity index is 359. The molecule has 1 unspecified atom stereocenters. The summed E-state index contributed by atoms with van der Waals surface area (Å²) in [6.07, 6.45) is 5.39. The average molecular weight is 244 g/mol. The summed E-state index contributed by atoms with van der Waals surface area (Å²) in [7, 11) is 0. The molecule has 0 amide bonds. The Morgan fingerprint density at radius 3 is 2.78 bits per heavy atom. The summed E-state index contributed by atoms with van der Waals surface area (Å²) < 4.78 is 0. The average Bonchev–Trinajstić information content (AvgIpc) is 3.24. The summed E-state index contributed by atoms with van der Waals surface area (Å²) in [4.78, 5) is 2.66. The molecular formula is C16H24N2. The van der Waals surface area contributed by atoms with E-state index in [-0.39, 0.29) is 0 Å². The molecule has 0 radical (unpaired) electrons. The number of hydrogen-bond acceptors (Lipinski definition) is 2. The zero-order valence-corrected chi connectivity index (χ0v) is 11.1. The van der Waals surface area contributed by atoms with E-state index in [2.05, 4.69) is 40.5 Å². The van der Waals surface area contributed by atoms with Gasteiger partial charge in [-0.2, -0.15) is 0 Å². The van der Waals surface area contributed by atoms with Crippen LogP contribution >= 0.6 is 0 Å². The minimum atomic E-state index is 0.767. The van der Waals surface area contributed by atoms with E-state index in [9.17, 15) is 0 Å². The number of nitrogens with zero attached hydrogens (tertiary/aromatic N) is 1. The molecule has 0 aromatic heterocycles. The molecule has 1 atom stereocenters. The molecule has 1 aromatic carbocycles. The summed E-state index contributed by atoms with van der Waals surface area (Å²) in [5.74, 6) is 0.974. The zero-order valence-electron chi connectivity index (χ0n) is 11.1. The third-order valence-electron chi connectivity index (χ3n) is 4.26. The molecule has 1 N–H and O–H groups in total. The highest BCUT2D eigenvalue weighted by molar-refractivity contribution is 5.14. The smallest absolute Gasteiger partial charge is 0.0223 e. The van der Waals surface area contributed by atoms with Gasteiger partial charge < -0.3 is 10.2 Å². The highest BCUT2D eigenvalue weighted by Gasteiger charge is 2.32. The Kier molecular flexibility index (Phi) is 3.96. The Morgan fingerprint density at radius 2 is 2.00 bits per heavy atom. The first-order valence-electron chi connectivity index (χ1n) is 7.41. The van der Waals surface area contributed by atoms with Crippen LogP contribution in [0, 0.1) is 5.92 Å². The lowest BCUT2D eigenvalue weighted by Gasteiger charge is -2.24. The van der Waals surface area contributed by atoms with Crippen LogP contribution in [0.15, 0.2) is 30.3 Å². The second-order valence-electron chi connectivity index (χ2n) is 5.79. The molecule has 2 fully saturated rings. The predicted octanol–water partition coefficient (Wildman–Crippen LogP) is 2.30. The van der Waals surface area contributed by atoms with Gasteiger partial charge in [-0.1, -0.05) is 30.3 Å². The van der Waals surface area contributed by atoms with E-state index in [1.165, 1.54) is 57.4 Å². The van der Waals surface area contributed by atoms with Crippen molar-refractivity contribution in [2.75, 3.05) is 26.2 Å². The third kappa shape index (κ3) is 3.33. The van der Waals surface area contributed by atoms with Crippen LogP contribution in [0.4, 0.5) is 0 Å². The number of benzene rings is 1. The van der Waals surface area contributed by atoms with Crippen LogP contribution in [-0.2, 0) is 6.42 Å². The van der Waals surface area contributed by atoms with Crippen molar-refractivity contribution < 1.29 is 0 Å². The summed E-state index contributed by atoms with van der Waals surface area (Å²) in [6.45, 7) is 4.96. The highest BCUT2D eigenvalue weighted by atomic mass is 15.2. The molecule has 1 saturated carbocycles. The van der Waals surface area contributed by atoms with Crippen molar-refractivity contribution >= 4 is 0 Å². The van der Waals surface area contributed by atoms with E-state index < -0.39 is 0 Å². The SMILES string of the molecule is c1ccc(CCN2CCCNC(C3CC3)C2)cc1. The molecule has 1 aliphatic carbocycles. The molecule has 1 heterocycles. The highest BCUT2D eigenvalue weighted by Crippen LogP contribution is 2.33. The van der Waals surface area contributed by atoms with Crippen molar-refractivity contribution in [1.29, 1.82) is 0 Å². The van der Waals surface area contributed by atoms with Gasteiger partial charge >= 0.3 is 0 Å². The van der Waals surface area contributed by atoms with Crippen LogP contribution in [-0.4, -0.2) is 37.1 Å². The first-order valence-corrected chi connectivity index (χ1v) is 7.41. The van der Waals surface area contributed by atoms with E-state index in [4.69, 9.17) is 0 Å². The quantitative estimate of drug-likeness (QED) is 0.874. The maximum Gasteiger partial charge on any atom is 0.0223 e. The first-order chi connectivity index (χ1) is 8.92. The first kappa shape index (κ1) is 12.2. The van der Waals surface area contributed by atoms with Gasteiger partial charge in [0.05, 0.1) is 0 Å². The second kappa shape index (κ2) is 5.85. The van der Waals surface area contributed by atoms with Crippen LogP contribution in [0.1, 0.15) is 24.8 Å². The second-order valence-corrected chi connectivity index (χ2v) is 5.79. The molecule has 1 saturated heterocycles. The fourth-order valence-corrected chi connectivity index (χ4v) is 2.97. The summed E-state index contributed by atoms with van der Waals surface area (Å²) >= 11 is 0. The Labute approximate surface area is 110 Å². The lowest BCUT2D eigenvalue weighted by atomic mass is 10.1. The van der Waals surface area contributed by atoms with Gasteiger partial charge in [-0.25, -0.2) is 0 Å². The van der Waals surface area contributed by atoms with Crippen molar-refractivity contribution in [2.45, 2.75) is 31.7 Å². The number of rotatable bonds is 4. The van der Waals surface area contributed by atoms with Crippen molar-refractivity contribution in [1.82, 2.24) is 10.2 Å². The van der Waals surface area contributed by atoms with Gasteiger partial charge in [-0.15, -0.1) is 0 Å². The van der Waals surface area contributed by atoms with E-state index >= 15 is 0 Å². The van der Waals surface area contributed by atoms with Crippen LogP contribution in [0.5, 0.6) is 0 Å². The monoisotopic (exact) mass is 244 g/mol. The van der Waals surface area contributed by atoms with Crippen LogP contribution < -0.4 is 5.32 Å². The maximum absolute atomic E-state index is 3.73. The largest absolute Gasteiger partial charge is 0.312 e. The molecule has 18 heavy (non-hydrogen) atoms. The molecule has 1 aliphatic heterocycles. The zero-order chi connectivity index (χ0) is 12.2. The number of hydrogen-bond donors (Lipinski definition) is 1. The lowest BCUT2D eigenvalue weighted by molar-refractivity contribution is 0.261. The molecule has 3 rings (SSSR count). The molecule has 2 nitrogen and oxygen atoms in total. The molecular weight excluding hydrogens is 220 g/mol. The van der Waals surface area contributed by atoms with E-state index in [0.717, 1.165) is 12.0 Å². The maximum atomic E-state index is 3.73. The van der Waals surface area contributed by atoms with Crippen molar-refractivity contribution in [3.05, 3.63) is 35.9 Å². The fourth-order valence-electron chi connectivity index (χ4n) is 2.97. The van der Waals surface area contributed by atoms with Gasteiger partial charge in [0.2, 0.25) is 0 Å². The van der Waals surface area contributed by atoms with Gasteiger partial charge in [0.25, 0.3) is 0 Å². The van der Waals surface area contributed by atoms with Gasteiger partial charge in [0, 0.05) is 19.1 Å². The molecule has 2 heteroatoms. The van der Waals surface area contributed by atoms with Crippen molar-refractivity contribution in [3.63, 3.8) is 0 Å². The summed E-state index contributed by atoms with van der Waals surface area (Å²) in [6, 6.07) is 11.6. The van der Waals surface area contributed by atoms with E-state index in [0.29, 0.717) is 0 Å². The van der Waals surface area contributed by atoms with Gasteiger partial charge in [0.15, 0.2) is 0 Å². The lowest BCUT2D eigenvalue weighted by Crippen LogP contribution is -2.39. The van der Waals surface area contributed by atoms with Gasteiger partial charge in [-0.05, 0) is 50.3 Å². The van der Waals surface area contributed by atoms with Crippen LogP contribution in [0.2, 0.25) is 0 Å². The van der Waals surface area contributed by atoms with Crippen molar-refractivity contribution in [3.8, 4) is 0 Å². The van der Waals surface area contributed by atoms with Crippen LogP contribution in [0.25, 0.3) is 0 Å². The van der Waals surface area contributed by atoms with Gasteiger partial charge in [-0.3, -0.25) is 0 Å². The molecule has 98 valence electrons. The minimum Gasteiger partial charge on any atom is -0.312 e. The van der Waals surface area contributed by atoms with Gasteiger partial charge in [0.1, 0.15) is 0 Å². The Morgan fingerprint density at radius 1 is 1.17 bits per heavy atom. The van der Waals surface area contributed by atoms with Crippen LogP contribution in [0.3, 0.4) is 0 Å². The standard InChI is InChI=1S/C16H24N2/c1-2-5-14(6-3-1)9-12-18-11-4-10-17-16(13-18)15-7-8-15/h1-3,5-6,15-17H,4,7-13H2. The summed E-state index contributed by atoms with van der Waals surface area (Å²) in [5.41, 5.74) is 1.47. The third-order valence-corrected chi connectivity index (χ3v) is 4.26. The van der Waals surface area contributed by atoms with E-state index in [1.54, 1.807) is 0 Å². The predicted molar refractivity (Wildman–Crippen MR) is 75.7 cm³/mol. The van der Waals surface area contributed by atoms with Crippen molar-refractivity contribution in [2.24, 2.45) is 5.92 Å². The molecule has 0 bridgehead atoms. The molecule has 0 spiro atoms. The molecule has 1 aromatic rings. The molecule has 2 aliphatic rings. The minimum absolute atomic E-state index is 0.767. The fraction of sp³-hybridized carbons (Fsp3) is 0.625. The Balaban J connectivity index is 1.51. The normalized spacial score (nSPS) is 25.9.